The number of carbonyl (C=O) groups excluding carboxylic acids is 2. The van der Waals surface area contributed by atoms with E-state index >= 15 is 0 Å². The number of hydrogen-bond acceptors (Lipinski definition) is 3. The maximum absolute atomic E-state index is 11.7. The van der Waals surface area contributed by atoms with Gasteiger partial charge in [0.25, 0.3) is 0 Å². The van der Waals surface area contributed by atoms with Crippen molar-refractivity contribution in [3.63, 3.8) is 0 Å². The quantitative estimate of drug-likeness (QED) is 0.791. The third-order valence-corrected chi connectivity index (χ3v) is 2.90. The molecule has 5 heteroatoms. The number of hydrogen-bond donors (Lipinski definition) is 2. The zero-order chi connectivity index (χ0) is 13.7. The molecule has 2 rings (SSSR count). The highest BCUT2D eigenvalue weighted by molar-refractivity contribution is 5.90. The van der Waals surface area contributed by atoms with Crippen LogP contribution in [-0.2, 0) is 9.59 Å². The predicted octanol–water partition coefficient (Wildman–Crippen LogP) is 0.929. The second-order valence-corrected chi connectivity index (χ2v) is 4.22. The molecule has 1 aromatic rings. The lowest BCUT2D eigenvalue weighted by molar-refractivity contribution is -0.124. The molecule has 0 radical (unpaired) electrons. The first-order valence-corrected chi connectivity index (χ1v) is 6.12. The highest BCUT2D eigenvalue weighted by Crippen LogP contribution is 2.31. The van der Waals surface area contributed by atoms with Crippen LogP contribution in [0.4, 0.5) is 0 Å². The van der Waals surface area contributed by atoms with Crippen LogP contribution in [0.1, 0.15) is 18.0 Å². The molecular formula is C14H16N2O3. The Morgan fingerprint density at radius 1 is 1.42 bits per heavy atom. The summed E-state index contributed by atoms with van der Waals surface area (Å²) in [7, 11) is 0. The molecule has 0 saturated carbocycles. The van der Waals surface area contributed by atoms with Crippen LogP contribution in [0.25, 0.3) is 0 Å². The molecule has 100 valence electrons. The molecule has 19 heavy (non-hydrogen) atoms. The van der Waals surface area contributed by atoms with Crippen molar-refractivity contribution in [2.45, 2.75) is 12.5 Å². The van der Waals surface area contributed by atoms with Crippen LogP contribution in [0, 0.1) is 0 Å². The fraction of sp³-hybridized carbons (Fsp3) is 0.286. The Kier molecular flexibility index (Phi) is 4.18. The summed E-state index contributed by atoms with van der Waals surface area (Å²) >= 11 is 0. The van der Waals surface area contributed by atoms with E-state index in [-0.39, 0.29) is 24.4 Å². The van der Waals surface area contributed by atoms with Crippen molar-refractivity contribution in [3.8, 4) is 5.75 Å². The van der Waals surface area contributed by atoms with Gasteiger partial charge in [-0.05, 0) is 12.1 Å². The number of nitrogens with one attached hydrogen (secondary N) is 2. The van der Waals surface area contributed by atoms with E-state index in [0.29, 0.717) is 6.61 Å². The lowest BCUT2D eigenvalue weighted by atomic mass is 10.0. The van der Waals surface area contributed by atoms with Gasteiger partial charge < -0.3 is 15.4 Å². The molecule has 0 fully saturated rings. The summed E-state index contributed by atoms with van der Waals surface area (Å²) in [6.45, 7) is 3.84. The summed E-state index contributed by atoms with van der Waals surface area (Å²) in [6, 6.07) is 7.55. The van der Waals surface area contributed by atoms with E-state index in [9.17, 15) is 9.59 Å². The fourth-order valence-electron chi connectivity index (χ4n) is 1.98. The maximum Gasteiger partial charge on any atom is 0.243 e. The van der Waals surface area contributed by atoms with Crippen molar-refractivity contribution < 1.29 is 14.3 Å². The molecule has 1 atom stereocenters. The van der Waals surface area contributed by atoms with Gasteiger partial charge in [0.05, 0.1) is 19.2 Å². The van der Waals surface area contributed by atoms with Crippen LogP contribution < -0.4 is 15.4 Å². The third-order valence-electron chi connectivity index (χ3n) is 2.90. The van der Waals surface area contributed by atoms with Crippen molar-refractivity contribution in [2.24, 2.45) is 0 Å². The zero-order valence-corrected chi connectivity index (χ0v) is 10.5. The summed E-state index contributed by atoms with van der Waals surface area (Å²) < 4.78 is 5.52. The number of benzene rings is 1. The lowest BCUT2D eigenvalue weighted by Gasteiger charge is -2.26. The molecule has 1 heterocycles. The van der Waals surface area contributed by atoms with E-state index in [0.717, 1.165) is 23.8 Å². The zero-order valence-electron chi connectivity index (χ0n) is 10.5. The summed E-state index contributed by atoms with van der Waals surface area (Å²) in [5, 5.41) is 5.33. The van der Waals surface area contributed by atoms with E-state index in [4.69, 9.17) is 4.74 Å². The summed E-state index contributed by atoms with van der Waals surface area (Å²) in [4.78, 5) is 22.7. The van der Waals surface area contributed by atoms with E-state index in [1.54, 1.807) is 0 Å². The van der Waals surface area contributed by atoms with Gasteiger partial charge in [0.15, 0.2) is 0 Å². The average molecular weight is 260 g/mol. The Labute approximate surface area is 111 Å². The van der Waals surface area contributed by atoms with E-state index in [2.05, 4.69) is 17.2 Å². The second-order valence-electron chi connectivity index (χ2n) is 4.22. The maximum atomic E-state index is 11.7. The van der Waals surface area contributed by atoms with Gasteiger partial charge in [0.2, 0.25) is 11.8 Å². The Bertz CT molecular complexity index is 499. The van der Waals surface area contributed by atoms with Gasteiger partial charge in [-0.1, -0.05) is 24.8 Å². The van der Waals surface area contributed by atoms with Crippen LogP contribution in [0.2, 0.25) is 0 Å². The molecule has 0 spiro atoms. The Morgan fingerprint density at radius 3 is 3.00 bits per heavy atom. The first-order valence-electron chi connectivity index (χ1n) is 6.12. The molecule has 2 amide bonds. The van der Waals surface area contributed by atoms with E-state index in [1.807, 2.05) is 24.3 Å². The number of fused-ring (bicyclic) bond motifs is 1. The normalized spacial score (nSPS) is 16.7. The Balaban J connectivity index is 1.95. The summed E-state index contributed by atoms with van der Waals surface area (Å²) in [6.07, 6.45) is 1.86. The average Bonchev–Trinajstić information content (AvgIpc) is 2.45. The third kappa shape index (κ3) is 3.34. The van der Waals surface area contributed by atoms with Crippen molar-refractivity contribution >= 4 is 11.8 Å². The van der Waals surface area contributed by atoms with Crippen molar-refractivity contribution in [2.75, 3.05) is 13.2 Å². The highest BCUT2D eigenvalue weighted by Gasteiger charge is 2.22. The SMILES string of the molecule is C=CC(=O)NCC(=O)NC1CCOc2ccccc21. The van der Waals surface area contributed by atoms with Crippen LogP contribution in [0.15, 0.2) is 36.9 Å². The minimum atomic E-state index is -0.359. The Morgan fingerprint density at radius 2 is 2.21 bits per heavy atom. The standard InChI is InChI=1S/C14H16N2O3/c1-2-13(17)15-9-14(18)16-11-7-8-19-12-6-4-3-5-10(11)12/h2-6,11H,1,7-9H2,(H,15,17)(H,16,18). The Hall–Kier alpha value is -2.30. The molecule has 0 saturated heterocycles. The molecule has 0 aromatic heterocycles. The van der Waals surface area contributed by atoms with Crippen molar-refractivity contribution in [1.29, 1.82) is 0 Å². The minimum absolute atomic E-state index is 0.0512. The topological polar surface area (TPSA) is 67.4 Å². The smallest absolute Gasteiger partial charge is 0.243 e. The van der Waals surface area contributed by atoms with Gasteiger partial charge in [0, 0.05) is 12.0 Å². The summed E-state index contributed by atoms with van der Waals surface area (Å²) in [5.41, 5.74) is 0.970. The molecular weight excluding hydrogens is 244 g/mol. The monoisotopic (exact) mass is 260 g/mol. The van der Waals surface area contributed by atoms with Gasteiger partial charge in [-0.25, -0.2) is 0 Å². The molecule has 1 aliphatic heterocycles. The van der Waals surface area contributed by atoms with Crippen molar-refractivity contribution in [3.05, 3.63) is 42.5 Å². The van der Waals surface area contributed by atoms with Crippen LogP contribution in [0.3, 0.4) is 0 Å². The van der Waals surface area contributed by atoms with Gasteiger partial charge >= 0.3 is 0 Å². The molecule has 5 nitrogen and oxygen atoms in total. The molecule has 1 aromatic carbocycles. The minimum Gasteiger partial charge on any atom is -0.493 e. The largest absolute Gasteiger partial charge is 0.493 e. The molecule has 0 bridgehead atoms. The fourth-order valence-corrected chi connectivity index (χ4v) is 1.98. The van der Waals surface area contributed by atoms with Gasteiger partial charge in [-0.3, -0.25) is 9.59 Å². The first-order chi connectivity index (χ1) is 9.20. The highest BCUT2D eigenvalue weighted by atomic mass is 16.5. The first kappa shape index (κ1) is 13.1. The molecule has 2 N–H and O–H groups in total. The van der Waals surface area contributed by atoms with E-state index < -0.39 is 0 Å². The van der Waals surface area contributed by atoms with E-state index in [1.165, 1.54) is 0 Å². The van der Waals surface area contributed by atoms with Gasteiger partial charge in [0.1, 0.15) is 5.75 Å². The van der Waals surface area contributed by atoms with Crippen LogP contribution in [0.5, 0.6) is 5.75 Å². The molecule has 1 aliphatic rings. The number of ether oxygens (including phenoxy) is 1. The summed E-state index contributed by atoms with van der Waals surface area (Å²) in [5.74, 6) is 0.216. The second kappa shape index (κ2) is 6.04. The predicted molar refractivity (Wildman–Crippen MR) is 70.6 cm³/mol. The van der Waals surface area contributed by atoms with Gasteiger partial charge in [-0.2, -0.15) is 0 Å². The van der Waals surface area contributed by atoms with Crippen LogP contribution >= 0.6 is 0 Å². The van der Waals surface area contributed by atoms with Crippen molar-refractivity contribution in [1.82, 2.24) is 10.6 Å². The lowest BCUT2D eigenvalue weighted by Crippen LogP contribution is -2.39. The number of para-hydroxylation sites is 1. The van der Waals surface area contributed by atoms with Gasteiger partial charge in [-0.15, -0.1) is 0 Å². The molecule has 0 aliphatic carbocycles. The number of rotatable bonds is 4. The number of amides is 2. The van der Waals surface area contributed by atoms with Crippen LogP contribution in [-0.4, -0.2) is 25.0 Å². The molecule has 1 unspecified atom stereocenters. The number of carbonyl (C=O) groups is 2.